The number of aromatic nitrogens is 2. The van der Waals surface area contributed by atoms with Gasteiger partial charge >= 0.3 is 0 Å². The summed E-state index contributed by atoms with van der Waals surface area (Å²) in [6, 6.07) is 8.22. The maximum absolute atomic E-state index is 12.8. The van der Waals surface area contributed by atoms with Crippen molar-refractivity contribution in [2.75, 3.05) is 17.3 Å². The first-order valence-corrected chi connectivity index (χ1v) is 7.12. The van der Waals surface area contributed by atoms with Crippen LogP contribution in [0.1, 0.15) is 29.4 Å². The molecule has 1 amide bonds. The molecule has 0 bridgehead atoms. The standard InChI is InChI=1S/C16H18N4O/c1-11-7-8-12-5-3-4-6-14(12)20(11)16(21)13-9-19-15(17-2)10-18-13/h3-6,9-11H,7-8H2,1-2H3,(H,17,19). The Morgan fingerprint density at radius 1 is 1.29 bits per heavy atom. The number of aryl methyl sites for hydroxylation is 1. The number of rotatable bonds is 2. The summed E-state index contributed by atoms with van der Waals surface area (Å²) in [7, 11) is 1.77. The maximum Gasteiger partial charge on any atom is 0.278 e. The Balaban J connectivity index is 1.96. The van der Waals surface area contributed by atoms with Crippen LogP contribution in [0.5, 0.6) is 0 Å². The van der Waals surface area contributed by atoms with Crippen LogP contribution in [0.3, 0.4) is 0 Å². The fraction of sp³-hybridized carbons (Fsp3) is 0.312. The Hall–Kier alpha value is -2.43. The van der Waals surface area contributed by atoms with Crippen LogP contribution in [0.15, 0.2) is 36.7 Å². The molecule has 21 heavy (non-hydrogen) atoms. The first-order valence-electron chi connectivity index (χ1n) is 7.12. The van der Waals surface area contributed by atoms with Gasteiger partial charge in [0.15, 0.2) is 0 Å². The van der Waals surface area contributed by atoms with E-state index in [1.54, 1.807) is 13.2 Å². The normalized spacial score (nSPS) is 17.2. The molecule has 1 aromatic carbocycles. The van der Waals surface area contributed by atoms with E-state index in [9.17, 15) is 4.79 Å². The van der Waals surface area contributed by atoms with Crippen molar-refractivity contribution in [3.8, 4) is 0 Å². The highest BCUT2D eigenvalue weighted by Crippen LogP contribution is 2.31. The molecule has 1 aromatic heterocycles. The molecule has 0 saturated carbocycles. The molecule has 0 aliphatic carbocycles. The van der Waals surface area contributed by atoms with Gasteiger partial charge < -0.3 is 10.2 Å². The third-order valence-electron chi connectivity index (χ3n) is 3.87. The lowest BCUT2D eigenvalue weighted by atomic mass is 9.96. The number of para-hydroxylation sites is 1. The van der Waals surface area contributed by atoms with Gasteiger partial charge in [-0.25, -0.2) is 9.97 Å². The Morgan fingerprint density at radius 2 is 2.10 bits per heavy atom. The van der Waals surface area contributed by atoms with Gasteiger partial charge in [0.05, 0.1) is 12.4 Å². The summed E-state index contributed by atoms with van der Waals surface area (Å²) in [6.45, 7) is 2.07. The van der Waals surface area contributed by atoms with Crippen LogP contribution in [0.2, 0.25) is 0 Å². The number of carbonyl (C=O) groups is 1. The van der Waals surface area contributed by atoms with Gasteiger partial charge in [0.2, 0.25) is 0 Å². The van der Waals surface area contributed by atoms with E-state index in [4.69, 9.17) is 0 Å². The van der Waals surface area contributed by atoms with Crippen LogP contribution in [0.4, 0.5) is 11.5 Å². The molecular formula is C16H18N4O. The first kappa shape index (κ1) is 13.5. The Bertz CT molecular complexity index is 654. The lowest BCUT2D eigenvalue weighted by Gasteiger charge is -2.35. The predicted molar refractivity (Wildman–Crippen MR) is 82.6 cm³/mol. The molecule has 5 nitrogen and oxygen atoms in total. The van der Waals surface area contributed by atoms with Crippen LogP contribution in [0, 0.1) is 0 Å². The monoisotopic (exact) mass is 282 g/mol. The van der Waals surface area contributed by atoms with Crippen LogP contribution in [-0.4, -0.2) is 29.0 Å². The summed E-state index contributed by atoms with van der Waals surface area (Å²) in [4.78, 5) is 23.0. The third-order valence-corrected chi connectivity index (χ3v) is 3.87. The van der Waals surface area contributed by atoms with E-state index in [2.05, 4.69) is 28.3 Å². The van der Waals surface area contributed by atoms with Crippen molar-refractivity contribution in [1.29, 1.82) is 0 Å². The van der Waals surface area contributed by atoms with Crippen molar-refractivity contribution in [2.45, 2.75) is 25.8 Å². The molecular weight excluding hydrogens is 264 g/mol. The second-order valence-corrected chi connectivity index (χ2v) is 5.23. The molecule has 1 atom stereocenters. The SMILES string of the molecule is CNc1cnc(C(=O)N2c3ccccc3CCC2C)cn1. The number of carbonyl (C=O) groups excluding carboxylic acids is 1. The second-order valence-electron chi connectivity index (χ2n) is 5.23. The summed E-state index contributed by atoms with van der Waals surface area (Å²) < 4.78 is 0. The molecule has 1 aliphatic rings. The highest BCUT2D eigenvalue weighted by atomic mass is 16.2. The molecule has 5 heteroatoms. The molecule has 0 saturated heterocycles. The zero-order valence-electron chi connectivity index (χ0n) is 12.2. The topological polar surface area (TPSA) is 58.1 Å². The largest absolute Gasteiger partial charge is 0.372 e. The molecule has 2 aromatic rings. The van der Waals surface area contributed by atoms with Crippen molar-refractivity contribution >= 4 is 17.4 Å². The Kier molecular flexibility index (Phi) is 3.56. The Labute approximate surface area is 124 Å². The maximum atomic E-state index is 12.8. The van der Waals surface area contributed by atoms with E-state index in [0.29, 0.717) is 11.5 Å². The molecule has 2 heterocycles. The zero-order chi connectivity index (χ0) is 14.8. The number of benzene rings is 1. The minimum atomic E-state index is -0.0928. The van der Waals surface area contributed by atoms with E-state index in [1.807, 2.05) is 23.1 Å². The van der Waals surface area contributed by atoms with Crippen LogP contribution < -0.4 is 10.2 Å². The van der Waals surface area contributed by atoms with Gasteiger partial charge in [0, 0.05) is 18.8 Å². The van der Waals surface area contributed by atoms with Gasteiger partial charge in [-0.1, -0.05) is 18.2 Å². The zero-order valence-corrected chi connectivity index (χ0v) is 12.2. The van der Waals surface area contributed by atoms with Crippen molar-refractivity contribution in [1.82, 2.24) is 9.97 Å². The van der Waals surface area contributed by atoms with Crippen LogP contribution in [0.25, 0.3) is 0 Å². The van der Waals surface area contributed by atoms with Crippen molar-refractivity contribution in [3.05, 3.63) is 47.9 Å². The van der Waals surface area contributed by atoms with Gasteiger partial charge in [-0.2, -0.15) is 0 Å². The molecule has 3 rings (SSSR count). The highest BCUT2D eigenvalue weighted by molar-refractivity contribution is 6.05. The number of anilines is 2. The number of nitrogens with zero attached hydrogens (tertiary/aromatic N) is 3. The number of hydrogen-bond donors (Lipinski definition) is 1. The lowest BCUT2D eigenvalue weighted by Crippen LogP contribution is -2.42. The average Bonchev–Trinajstić information content (AvgIpc) is 2.54. The van der Waals surface area contributed by atoms with Crippen molar-refractivity contribution in [3.63, 3.8) is 0 Å². The Morgan fingerprint density at radius 3 is 2.81 bits per heavy atom. The van der Waals surface area contributed by atoms with Crippen molar-refractivity contribution < 1.29 is 4.79 Å². The highest BCUT2D eigenvalue weighted by Gasteiger charge is 2.29. The number of hydrogen-bond acceptors (Lipinski definition) is 4. The van der Waals surface area contributed by atoms with Gasteiger partial charge in [-0.3, -0.25) is 4.79 Å². The average molecular weight is 282 g/mol. The fourth-order valence-corrected chi connectivity index (χ4v) is 2.69. The molecule has 0 spiro atoms. The molecule has 1 unspecified atom stereocenters. The van der Waals surface area contributed by atoms with Crippen LogP contribution in [-0.2, 0) is 6.42 Å². The van der Waals surface area contributed by atoms with E-state index < -0.39 is 0 Å². The summed E-state index contributed by atoms with van der Waals surface area (Å²) in [5, 5.41) is 2.90. The summed E-state index contributed by atoms with van der Waals surface area (Å²) in [5.74, 6) is 0.559. The molecule has 0 fully saturated rings. The number of nitrogens with one attached hydrogen (secondary N) is 1. The smallest absolute Gasteiger partial charge is 0.278 e. The summed E-state index contributed by atoms with van der Waals surface area (Å²) in [6.07, 6.45) is 5.07. The summed E-state index contributed by atoms with van der Waals surface area (Å²) in [5.41, 5.74) is 2.57. The lowest BCUT2D eigenvalue weighted by molar-refractivity contribution is 0.0970. The van der Waals surface area contributed by atoms with Gasteiger partial charge in [0.1, 0.15) is 11.5 Å². The molecule has 0 radical (unpaired) electrons. The number of amides is 1. The number of fused-ring (bicyclic) bond motifs is 1. The molecule has 1 aliphatic heterocycles. The van der Waals surface area contributed by atoms with Gasteiger partial charge in [-0.15, -0.1) is 0 Å². The molecule has 108 valence electrons. The first-order chi connectivity index (χ1) is 10.2. The summed E-state index contributed by atoms with van der Waals surface area (Å²) >= 11 is 0. The predicted octanol–water partition coefficient (Wildman–Crippen LogP) is 2.50. The second kappa shape index (κ2) is 5.52. The quantitative estimate of drug-likeness (QED) is 0.919. The minimum Gasteiger partial charge on any atom is -0.372 e. The fourth-order valence-electron chi connectivity index (χ4n) is 2.69. The third kappa shape index (κ3) is 2.46. The van der Waals surface area contributed by atoms with E-state index in [0.717, 1.165) is 18.5 Å². The van der Waals surface area contributed by atoms with E-state index >= 15 is 0 Å². The van der Waals surface area contributed by atoms with E-state index in [1.165, 1.54) is 11.8 Å². The minimum absolute atomic E-state index is 0.0928. The molecule has 1 N–H and O–H groups in total. The van der Waals surface area contributed by atoms with Gasteiger partial charge in [0.25, 0.3) is 5.91 Å². The van der Waals surface area contributed by atoms with E-state index in [-0.39, 0.29) is 11.9 Å². The van der Waals surface area contributed by atoms with Gasteiger partial charge in [-0.05, 0) is 31.4 Å². The van der Waals surface area contributed by atoms with Crippen molar-refractivity contribution in [2.24, 2.45) is 0 Å². The van der Waals surface area contributed by atoms with Crippen LogP contribution >= 0.6 is 0 Å².